The topological polar surface area (TPSA) is 56.3 Å². The summed E-state index contributed by atoms with van der Waals surface area (Å²) in [5, 5.41) is 10.8. The maximum Gasteiger partial charge on any atom is 0.230 e. The Morgan fingerprint density at radius 2 is 2.00 bits per heavy atom. The Morgan fingerprint density at radius 1 is 1.21 bits per heavy atom. The first kappa shape index (κ1) is 16.1. The summed E-state index contributed by atoms with van der Waals surface area (Å²) >= 11 is 0. The van der Waals surface area contributed by atoms with E-state index in [0.29, 0.717) is 13.1 Å². The fraction of sp³-hybridized carbons (Fsp3) is 0.250. The highest BCUT2D eigenvalue weighted by atomic mass is 16.3. The van der Waals surface area contributed by atoms with Crippen molar-refractivity contribution in [2.75, 3.05) is 6.54 Å². The Balaban J connectivity index is 1.81. The lowest BCUT2D eigenvalue weighted by Crippen LogP contribution is -2.33. The summed E-state index contributed by atoms with van der Waals surface area (Å²) in [6.07, 6.45) is 1.97. The van der Waals surface area contributed by atoms with Gasteiger partial charge in [0.15, 0.2) is 0 Å². The number of carbonyl (C=O) groups is 1. The van der Waals surface area contributed by atoms with Gasteiger partial charge >= 0.3 is 0 Å². The van der Waals surface area contributed by atoms with Crippen LogP contribution in [-0.4, -0.2) is 27.4 Å². The average molecular weight is 322 g/mol. The van der Waals surface area contributed by atoms with E-state index in [-0.39, 0.29) is 17.6 Å². The summed E-state index contributed by atoms with van der Waals surface area (Å²) in [4.78, 5) is 18.0. The van der Waals surface area contributed by atoms with Crippen LogP contribution in [0.4, 0.5) is 0 Å². The van der Waals surface area contributed by atoms with Crippen LogP contribution in [0.2, 0.25) is 0 Å². The number of likely N-dealkylation sites (N-methyl/N-ethyl adjacent to an activating group) is 1. The molecule has 0 bridgehead atoms. The lowest BCUT2D eigenvalue weighted by Gasteiger charge is -2.24. The van der Waals surface area contributed by atoms with E-state index in [0.717, 1.165) is 22.0 Å². The number of hydrogen-bond donors (Lipinski definition) is 2. The number of carbonyl (C=O) groups excluding carboxylic acids is 1. The van der Waals surface area contributed by atoms with Gasteiger partial charge in [-0.25, -0.2) is 0 Å². The maximum absolute atomic E-state index is 12.9. The number of nitrogens with one attached hydrogen (secondary N) is 1. The van der Waals surface area contributed by atoms with E-state index >= 15 is 0 Å². The van der Waals surface area contributed by atoms with Crippen molar-refractivity contribution in [2.45, 2.75) is 26.3 Å². The summed E-state index contributed by atoms with van der Waals surface area (Å²) in [5.41, 5.74) is 3.03. The fourth-order valence-electron chi connectivity index (χ4n) is 3.02. The van der Waals surface area contributed by atoms with Gasteiger partial charge < -0.3 is 15.0 Å². The van der Waals surface area contributed by atoms with Crippen molar-refractivity contribution >= 4 is 16.8 Å². The molecule has 0 fully saturated rings. The molecule has 3 aromatic rings. The van der Waals surface area contributed by atoms with Gasteiger partial charge in [0.05, 0.1) is 5.92 Å². The molecule has 3 rings (SSSR count). The molecule has 0 spiro atoms. The Morgan fingerprint density at radius 3 is 2.75 bits per heavy atom. The zero-order chi connectivity index (χ0) is 17.1. The highest BCUT2D eigenvalue weighted by molar-refractivity contribution is 5.86. The number of aromatic nitrogens is 1. The van der Waals surface area contributed by atoms with Crippen molar-refractivity contribution in [1.29, 1.82) is 0 Å². The van der Waals surface area contributed by atoms with Crippen LogP contribution in [0.1, 0.15) is 30.9 Å². The number of aromatic amines is 1. The summed E-state index contributed by atoms with van der Waals surface area (Å²) in [6, 6.07) is 15.0. The first-order valence-electron chi connectivity index (χ1n) is 8.23. The van der Waals surface area contributed by atoms with Crippen molar-refractivity contribution in [3.05, 3.63) is 65.9 Å². The Labute approximate surface area is 141 Å². The normalized spacial score (nSPS) is 12.2. The van der Waals surface area contributed by atoms with E-state index in [1.165, 1.54) is 0 Å². The van der Waals surface area contributed by atoms with Crippen LogP contribution in [0.15, 0.2) is 54.7 Å². The lowest BCUT2D eigenvalue weighted by atomic mass is 9.99. The number of benzene rings is 2. The average Bonchev–Trinajstić information content (AvgIpc) is 3.01. The molecular formula is C20H22N2O2. The first-order valence-corrected chi connectivity index (χ1v) is 8.23. The number of phenols is 1. The Bertz CT molecular complexity index is 853. The monoisotopic (exact) mass is 322 g/mol. The van der Waals surface area contributed by atoms with Crippen LogP contribution < -0.4 is 0 Å². The molecule has 1 atom stereocenters. The summed E-state index contributed by atoms with van der Waals surface area (Å²) in [6.45, 7) is 5.08. The molecule has 0 aliphatic heterocycles. The van der Waals surface area contributed by atoms with Gasteiger partial charge in [0.2, 0.25) is 5.91 Å². The molecular weight excluding hydrogens is 300 g/mol. The number of hydrogen-bond acceptors (Lipinski definition) is 2. The van der Waals surface area contributed by atoms with E-state index in [9.17, 15) is 9.90 Å². The zero-order valence-corrected chi connectivity index (χ0v) is 14.0. The summed E-state index contributed by atoms with van der Waals surface area (Å²) < 4.78 is 0. The van der Waals surface area contributed by atoms with Crippen LogP contribution in [0.25, 0.3) is 10.9 Å². The maximum atomic E-state index is 12.9. The molecule has 0 aliphatic rings. The van der Waals surface area contributed by atoms with Crippen LogP contribution in [0.3, 0.4) is 0 Å². The molecule has 2 aromatic carbocycles. The number of rotatable bonds is 5. The summed E-state index contributed by atoms with van der Waals surface area (Å²) in [5.74, 6) is -0.0394. The minimum atomic E-state index is -0.290. The van der Waals surface area contributed by atoms with E-state index < -0.39 is 0 Å². The molecule has 0 aliphatic carbocycles. The highest BCUT2D eigenvalue weighted by Gasteiger charge is 2.22. The zero-order valence-electron chi connectivity index (χ0n) is 14.0. The van der Waals surface area contributed by atoms with Crippen LogP contribution in [-0.2, 0) is 11.3 Å². The number of fused-ring (bicyclic) bond motifs is 1. The van der Waals surface area contributed by atoms with Gasteiger partial charge in [0, 0.05) is 30.2 Å². The minimum absolute atomic E-state index is 0.0633. The number of nitrogens with zero attached hydrogens (tertiary/aromatic N) is 1. The van der Waals surface area contributed by atoms with Crippen molar-refractivity contribution in [2.24, 2.45) is 0 Å². The van der Waals surface area contributed by atoms with E-state index in [1.807, 2.05) is 49.2 Å². The SMILES string of the molecule is CCN(Cc1c[nH]c2ccccc12)C(=O)C(C)c1cccc(O)c1. The van der Waals surface area contributed by atoms with E-state index in [4.69, 9.17) is 0 Å². The molecule has 4 nitrogen and oxygen atoms in total. The standard InChI is InChI=1S/C20H22N2O2/c1-3-22(13-16-12-21-19-10-5-4-9-18(16)19)20(24)14(2)15-7-6-8-17(23)11-15/h4-12,14,21,23H,3,13H2,1-2H3. The molecule has 1 amide bonds. The number of aromatic hydroxyl groups is 1. The minimum Gasteiger partial charge on any atom is -0.508 e. The molecule has 24 heavy (non-hydrogen) atoms. The fourth-order valence-corrected chi connectivity index (χ4v) is 3.02. The predicted octanol–water partition coefficient (Wildman–Crippen LogP) is 4.03. The predicted molar refractivity (Wildman–Crippen MR) is 95.9 cm³/mol. The van der Waals surface area contributed by atoms with Gasteiger partial charge in [0.1, 0.15) is 5.75 Å². The Kier molecular flexibility index (Phi) is 4.56. The van der Waals surface area contributed by atoms with E-state index in [1.54, 1.807) is 18.2 Å². The van der Waals surface area contributed by atoms with Gasteiger partial charge in [-0.1, -0.05) is 30.3 Å². The van der Waals surface area contributed by atoms with Crippen LogP contribution in [0.5, 0.6) is 5.75 Å². The third kappa shape index (κ3) is 3.13. The smallest absolute Gasteiger partial charge is 0.230 e. The molecule has 2 N–H and O–H groups in total. The molecule has 1 aromatic heterocycles. The molecule has 1 heterocycles. The van der Waals surface area contributed by atoms with Gasteiger partial charge in [-0.2, -0.15) is 0 Å². The largest absolute Gasteiger partial charge is 0.508 e. The third-order valence-electron chi connectivity index (χ3n) is 4.47. The lowest BCUT2D eigenvalue weighted by molar-refractivity contribution is -0.132. The molecule has 0 radical (unpaired) electrons. The van der Waals surface area contributed by atoms with Crippen molar-refractivity contribution < 1.29 is 9.90 Å². The molecule has 0 saturated heterocycles. The number of phenolic OH excluding ortho intramolecular Hbond substituents is 1. The number of H-pyrrole nitrogens is 1. The molecule has 124 valence electrons. The highest BCUT2D eigenvalue weighted by Crippen LogP contribution is 2.24. The van der Waals surface area contributed by atoms with Gasteiger partial charge in [-0.05, 0) is 43.2 Å². The second kappa shape index (κ2) is 6.79. The number of amides is 1. The Hall–Kier alpha value is -2.75. The van der Waals surface area contributed by atoms with Crippen molar-refractivity contribution in [3.8, 4) is 5.75 Å². The first-order chi connectivity index (χ1) is 11.6. The van der Waals surface area contributed by atoms with Gasteiger partial charge in [-0.15, -0.1) is 0 Å². The molecule has 4 heteroatoms. The summed E-state index contributed by atoms with van der Waals surface area (Å²) in [7, 11) is 0. The molecule has 1 unspecified atom stereocenters. The second-order valence-electron chi connectivity index (χ2n) is 6.03. The van der Waals surface area contributed by atoms with Gasteiger partial charge in [0.25, 0.3) is 0 Å². The van der Waals surface area contributed by atoms with E-state index in [2.05, 4.69) is 11.1 Å². The molecule has 0 saturated carbocycles. The van der Waals surface area contributed by atoms with Gasteiger partial charge in [-0.3, -0.25) is 4.79 Å². The third-order valence-corrected chi connectivity index (χ3v) is 4.47. The second-order valence-corrected chi connectivity index (χ2v) is 6.03. The van der Waals surface area contributed by atoms with Crippen molar-refractivity contribution in [3.63, 3.8) is 0 Å². The van der Waals surface area contributed by atoms with Crippen LogP contribution in [0, 0.1) is 0 Å². The number of para-hydroxylation sites is 1. The van der Waals surface area contributed by atoms with Crippen LogP contribution >= 0.6 is 0 Å². The quantitative estimate of drug-likeness (QED) is 0.745. The van der Waals surface area contributed by atoms with Crippen molar-refractivity contribution in [1.82, 2.24) is 9.88 Å².